The van der Waals surface area contributed by atoms with Gasteiger partial charge in [0.2, 0.25) is 10.0 Å². The van der Waals surface area contributed by atoms with Gasteiger partial charge in [-0.3, -0.25) is 0 Å². The average Bonchev–Trinajstić information content (AvgIpc) is 2.97. The molecule has 116 valence electrons. The van der Waals surface area contributed by atoms with E-state index < -0.39 is 22.1 Å². The first-order valence-electron chi connectivity index (χ1n) is 6.73. The van der Waals surface area contributed by atoms with Crippen molar-refractivity contribution >= 4 is 16.0 Å². The molecule has 0 amide bonds. The van der Waals surface area contributed by atoms with Crippen LogP contribution in [0, 0.1) is 5.92 Å². The maximum atomic E-state index is 12.6. The lowest BCUT2D eigenvalue weighted by Crippen LogP contribution is -2.30. The maximum absolute atomic E-state index is 12.6. The van der Waals surface area contributed by atoms with E-state index in [0.29, 0.717) is 19.5 Å². The summed E-state index contributed by atoms with van der Waals surface area (Å²) in [5.41, 5.74) is 0.199. The highest BCUT2D eigenvalue weighted by atomic mass is 32.2. The average molecular weight is 313 g/mol. The van der Waals surface area contributed by atoms with E-state index in [0.717, 1.165) is 0 Å². The van der Waals surface area contributed by atoms with E-state index in [4.69, 9.17) is 0 Å². The fourth-order valence-electron chi connectivity index (χ4n) is 2.42. The van der Waals surface area contributed by atoms with Gasteiger partial charge in [-0.25, -0.2) is 13.2 Å². The molecule has 2 unspecified atom stereocenters. The van der Waals surface area contributed by atoms with E-state index >= 15 is 0 Å². The van der Waals surface area contributed by atoms with Crippen molar-refractivity contribution in [3.63, 3.8) is 0 Å². The molecule has 21 heavy (non-hydrogen) atoms. The third kappa shape index (κ3) is 3.25. The van der Waals surface area contributed by atoms with Gasteiger partial charge in [-0.05, 0) is 37.5 Å². The van der Waals surface area contributed by atoms with Crippen LogP contribution in [0.15, 0.2) is 29.2 Å². The number of methoxy groups -OCH3 is 1. The molecule has 0 bridgehead atoms. The molecule has 1 aliphatic heterocycles. The number of aliphatic hydroxyl groups is 1. The van der Waals surface area contributed by atoms with Crippen LogP contribution in [-0.2, 0) is 14.8 Å². The van der Waals surface area contributed by atoms with Crippen LogP contribution in [0.5, 0.6) is 0 Å². The van der Waals surface area contributed by atoms with Gasteiger partial charge in [0, 0.05) is 13.1 Å². The Morgan fingerprint density at radius 2 is 2.19 bits per heavy atom. The minimum Gasteiger partial charge on any atom is -0.465 e. The summed E-state index contributed by atoms with van der Waals surface area (Å²) < 4.78 is 31.1. The van der Waals surface area contributed by atoms with Crippen molar-refractivity contribution in [3.8, 4) is 0 Å². The number of carbonyl (C=O) groups is 1. The van der Waals surface area contributed by atoms with Crippen LogP contribution in [0.1, 0.15) is 23.7 Å². The van der Waals surface area contributed by atoms with Crippen molar-refractivity contribution in [2.75, 3.05) is 20.2 Å². The van der Waals surface area contributed by atoms with Crippen molar-refractivity contribution in [1.82, 2.24) is 4.31 Å². The molecule has 0 aliphatic carbocycles. The molecule has 0 aromatic heterocycles. The summed E-state index contributed by atoms with van der Waals surface area (Å²) in [6, 6.07) is 5.79. The zero-order valence-electron chi connectivity index (χ0n) is 12.0. The molecular weight excluding hydrogens is 294 g/mol. The molecule has 2 atom stereocenters. The Morgan fingerprint density at radius 3 is 2.76 bits per heavy atom. The van der Waals surface area contributed by atoms with Gasteiger partial charge in [0.1, 0.15) is 0 Å². The first kappa shape index (κ1) is 15.9. The topological polar surface area (TPSA) is 83.9 Å². The number of hydrogen-bond acceptors (Lipinski definition) is 5. The Bertz CT molecular complexity index is 626. The molecular formula is C14H19NO5S. The molecule has 6 nitrogen and oxygen atoms in total. The lowest BCUT2D eigenvalue weighted by atomic mass is 10.0. The highest BCUT2D eigenvalue weighted by molar-refractivity contribution is 7.89. The predicted molar refractivity (Wildman–Crippen MR) is 76.3 cm³/mol. The van der Waals surface area contributed by atoms with E-state index in [1.54, 1.807) is 6.92 Å². The molecule has 0 spiro atoms. The summed E-state index contributed by atoms with van der Waals surface area (Å²) >= 11 is 0. The number of hydrogen-bond donors (Lipinski definition) is 1. The number of carbonyl (C=O) groups excluding carboxylic acids is 1. The number of ether oxygens (including phenoxy) is 1. The van der Waals surface area contributed by atoms with Crippen LogP contribution < -0.4 is 0 Å². The van der Waals surface area contributed by atoms with Gasteiger partial charge in [0.15, 0.2) is 0 Å². The van der Waals surface area contributed by atoms with Gasteiger partial charge >= 0.3 is 5.97 Å². The molecule has 1 aromatic carbocycles. The fraction of sp³-hybridized carbons (Fsp3) is 0.500. The van der Waals surface area contributed by atoms with Crippen LogP contribution in [0.25, 0.3) is 0 Å². The largest absolute Gasteiger partial charge is 0.465 e. The second-order valence-electron chi connectivity index (χ2n) is 5.17. The Kier molecular flexibility index (Phi) is 4.65. The zero-order chi connectivity index (χ0) is 15.6. The van der Waals surface area contributed by atoms with Crippen LogP contribution in [0.2, 0.25) is 0 Å². The first-order chi connectivity index (χ1) is 9.86. The van der Waals surface area contributed by atoms with Crippen LogP contribution in [-0.4, -0.2) is 50.1 Å². The van der Waals surface area contributed by atoms with Crippen molar-refractivity contribution in [3.05, 3.63) is 29.8 Å². The number of rotatable bonds is 4. The predicted octanol–water partition coefficient (Wildman–Crippen LogP) is 0.865. The third-order valence-corrected chi connectivity index (χ3v) is 5.62. The van der Waals surface area contributed by atoms with Gasteiger partial charge < -0.3 is 9.84 Å². The van der Waals surface area contributed by atoms with E-state index in [1.807, 2.05) is 0 Å². The van der Waals surface area contributed by atoms with Crippen molar-refractivity contribution < 1.29 is 23.1 Å². The lowest BCUT2D eigenvalue weighted by Gasteiger charge is -2.18. The third-order valence-electron chi connectivity index (χ3n) is 3.76. The zero-order valence-corrected chi connectivity index (χ0v) is 12.8. The molecule has 1 fully saturated rings. The summed E-state index contributed by atoms with van der Waals surface area (Å²) in [7, 11) is -2.41. The normalized spacial score (nSPS) is 21.2. The fourth-order valence-corrected chi connectivity index (χ4v) is 3.97. The van der Waals surface area contributed by atoms with Crippen LogP contribution >= 0.6 is 0 Å². The van der Waals surface area contributed by atoms with Gasteiger partial charge in [0.25, 0.3) is 0 Å². The molecule has 1 aromatic rings. The molecule has 1 saturated heterocycles. The molecule has 0 saturated carbocycles. The van der Waals surface area contributed by atoms with E-state index in [9.17, 15) is 18.3 Å². The van der Waals surface area contributed by atoms with Gasteiger partial charge in [-0.15, -0.1) is 0 Å². The van der Waals surface area contributed by atoms with Gasteiger partial charge in [0.05, 0.1) is 23.7 Å². The second-order valence-corrected chi connectivity index (χ2v) is 7.11. The second kappa shape index (κ2) is 6.13. The number of esters is 1. The standard InChI is InChI=1S/C14H19NO5S/c1-10(16)12-6-7-15(9-12)21(18,19)13-5-3-4-11(8-13)14(17)20-2/h3-5,8,10,12,16H,6-7,9H2,1-2H3. The Balaban J connectivity index is 2.26. The summed E-state index contributed by atoms with van der Waals surface area (Å²) in [6.07, 6.45) is 0.0970. The SMILES string of the molecule is COC(=O)c1cccc(S(=O)(=O)N2CCC(C(C)O)C2)c1. The molecule has 1 aliphatic rings. The minimum absolute atomic E-state index is 0.0523. The van der Waals surface area contributed by atoms with Crippen molar-refractivity contribution in [2.45, 2.75) is 24.3 Å². The number of nitrogens with zero attached hydrogens (tertiary/aromatic N) is 1. The number of sulfonamides is 1. The molecule has 0 radical (unpaired) electrons. The van der Waals surface area contributed by atoms with Gasteiger partial charge in [-0.1, -0.05) is 6.07 Å². The Labute approximate surface area is 124 Å². The molecule has 7 heteroatoms. The number of benzene rings is 1. The summed E-state index contributed by atoms with van der Waals surface area (Å²) in [6.45, 7) is 2.33. The highest BCUT2D eigenvalue weighted by Crippen LogP contribution is 2.26. The Hall–Kier alpha value is -1.44. The quantitative estimate of drug-likeness (QED) is 0.834. The molecule has 2 rings (SSSR count). The smallest absolute Gasteiger partial charge is 0.337 e. The lowest BCUT2D eigenvalue weighted by molar-refractivity contribution is 0.0600. The van der Waals surface area contributed by atoms with E-state index in [-0.39, 0.29) is 16.4 Å². The summed E-state index contributed by atoms with van der Waals surface area (Å²) in [5.74, 6) is -0.626. The van der Waals surface area contributed by atoms with E-state index in [2.05, 4.69) is 4.74 Å². The van der Waals surface area contributed by atoms with Crippen LogP contribution in [0.3, 0.4) is 0 Å². The van der Waals surface area contributed by atoms with Gasteiger partial charge in [-0.2, -0.15) is 4.31 Å². The number of aliphatic hydroxyl groups excluding tert-OH is 1. The van der Waals surface area contributed by atoms with Crippen LogP contribution in [0.4, 0.5) is 0 Å². The monoisotopic (exact) mass is 313 g/mol. The molecule has 1 N–H and O–H groups in total. The van der Waals surface area contributed by atoms with Crippen molar-refractivity contribution in [2.24, 2.45) is 5.92 Å². The van der Waals surface area contributed by atoms with Crippen molar-refractivity contribution in [1.29, 1.82) is 0 Å². The first-order valence-corrected chi connectivity index (χ1v) is 8.17. The van der Waals surface area contributed by atoms with E-state index in [1.165, 1.54) is 35.7 Å². The maximum Gasteiger partial charge on any atom is 0.337 e. The summed E-state index contributed by atoms with van der Waals surface area (Å²) in [4.78, 5) is 11.6. The Morgan fingerprint density at radius 1 is 1.48 bits per heavy atom. The summed E-state index contributed by atoms with van der Waals surface area (Å²) in [5, 5.41) is 9.57. The highest BCUT2D eigenvalue weighted by Gasteiger charge is 2.34. The minimum atomic E-state index is -3.65. The molecule has 1 heterocycles.